The highest BCUT2D eigenvalue weighted by molar-refractivity contribution is 7.89. The molecule has 1 aromatic heterocycles. The molecule has 1 aliphatic rings. The molecule has 0 radical (unpaired) electrons. The van der Waals surface area contributed by atoms with E-state index in [1.165, 1.54) is 10.9 Å². The smallest absolute Gasteiger partial charge is 0.261 e. The average molecular weight is 290 g/mol. The summed E-state index contributed by atoms with van der Waals surface area (Å²) in [7, 11) is -1.95. The lowest BCUT2D eigenvalue weighted by atomic mass is 9.95. The molecule has 2 rings (SSSR count). The van der Waals surface area contributed by atoms with Crippen molar-refractivity contribution in [2.45, 2.75) is 24.3 Å². The Kier molecular flexibility index (Phi) is 4.09. The van der Waals surface area contributed by atoms with Crippen LogP contribution in [0.25, 0.3) is 0 Å². The van der Waals surface area contributed by atoms with Crippen molar-refractivity contribution in [3.63, 3.8) is 0 Å². The second-order valence-electron chi connectivity index (χ2n) is 4.45. The molecule has 1 aromatic rings. The van der Waals surface area contributed by atoms with E-state index >= 15 is 0 Å². The molecule has 1 atom stereocenters. The Hall–Kier alpha value is -0.850. The van der Waals surface area contributed by atoms with Gasteiger partial charge in [-0.1, -0.05) is 23.8 Å². The van der Waals surface area contributed by atoms with Crippen LogP contribution in [0.15, 0.2) is 23.5 Å². The molecule has 0 aromatic carbocycles. The Morgan fingerprint density at radius 3 is 2.89 bits per heavy atom. The molecule has 1 unspecified atom stereocenters. The Labute approximate surface area is 112 Å². The van der Waals surface area contributed by atoms with Gasteiger partial charge in [0, 0.05) is 13.6 Å². The molecule has 0 spiro atoms. The van der Waals surface area contributed by atoms with Crippen molar-refractivity contribution in [1.82, 2.24) is 14.3 Å². The number of aryl methyl sites for hydroxylation is 1. The van der Waals surface area contributed by atoms with Crippen molar-refractivity contribution in [2.75, 3.05) is 6.54 Å². The Morgan fingerprint density at radius 2 is 2.33 bits per heavy atom. The van der Waals surface area contributed by atoms with E-state index in [4.69, 9.17) is 11.6 Å². The van der Waals surface area contributed by atoms with Gasteiger partial charge in [-0.05, 0) is 25.2 Å². The number of imidazole rings is 1. The zero-order valence-electron chi connectivity index (χ0n) is 10.1. The summed E-state index contributed by atoms with van der Waals surface area (Å²) in [6.45, 7) is 0.430. The monoisotopic (exact) mass is 289 g/mol. The minimum atomic E-state index is -3.61. The fourth-order valence-electron chi connectivity index (χ4n) is 1.91. The number of hydrogen-bond donors (Lipinski definition) is 1. The number of nitrogens with one attached hydrogen (secondary N) is 1. The number of hydrogen-bond acceptors (Lipinski definition) is 3. The van der Waals surface area contributed by atoms with Crippen LogP contribution in [0.4, 0.5) is 0 Å². The van der Waals surface area contributed by atoms with Gasteiger partial charge in [-0.25, -0.2) is 18.1 Å². The van der Waals surface area contributed by atoms with Gasteiger partial charge in [0.2, 0.25) is 5.03 Å². The van der Waals surface area contributed by atoms with E-state index in [-0.39, 0.29) is 10.2 Å². The minimum Gasteiger partial charge on any atom is -0.324 e. The number of aromatic nitrogens is 2. The molecule has 0 fully saturated rings. The first-order valence-corrected chi connectivity index (χ1v) is 7.68. The van der Waals surface area contributed by atoms with E-state index in [0.29, 0.717) is 12.5 Å². The van der Waals surface area contributed by atoms with E-state index < -0.39 is 10.0 Å². The summed E-state index contributed by atoms with van der Waals surface area (Å²) >= 11 is 5.88. The molecule has 0 aliphatic heterocycles. The molecule has 5 nitrogen and oxygen atoms in total. The Balaban J connectivity index is 2.03. The first-order chi connectivity index (χ1) is 8.50. The number of rotatable bonds is 4. The summed E-state index contributed by atoms with van der Waals surface area (Å²) in [6.07, 6.45) is 8.54. The maximum Gasteiger partial charge on any atom is 0.261 e. The third kappa shape index (κ3) is 2.93. The van der Waals surface area contributed by atoms with E-state index in [1.807, 2.05) is 0 Å². The molecule has 0 bridgehead atoms. The lowest BCUT2D eigenvalue weighted by molar-refractivity contribution is 0.467. The zero-order valence-corrected chi connectivity index (χ0v) is 11.7. The van der Waals surface area contributed by atoms with Gasteiger partial charge in [-0.3, -0.25) is 0 Å². The highest BCUT2D eigenvalue weighted by Gasteiger charge is 2.23. The van der Waals surface area contributed by atoms with Crippen LogP contribution in [-0.4, -0.2) is 24.5 Å². The van der Waals surface area contributed by atoms with E-state index in [9.17, 15) is 8.42 Å². The molecule has 100 valence electrons. The van der Waals surface area contributed by atoms with Crippen molar-refractivity contribution < 1.29 is 8.42 Å². The lowest BCUT2D eigenvalue weighted by Crippen LogP contribution is -2.30. The van der Waals surface area contributed by atoms with Gasteiger partial charge in [0.1, 0.15) is 5.15 Å². The van der Waals surface area contributed by atoms with Crippen molar-refractivity contribution in [3.8, 4) is 0 Å². The summed E-state index contributed by atoms with van der Waals surface area (Å²) in [5.41, 5.74) is 0. The topological polar surface area (TPSA) is 64.0 Å². The van der Waals surface area contributed by atoms with Crippen LogP contribution < -0.4 is 4.72 Å². The number of nitrogens with zero attached hydrogens (tertiary/aromatic N) is 2. The predicted octanol–water partition coefficient (Wildman–Crippen LogP) is 1.71. The van der Waals surface area contributed by atoms with Gasteiger partial charge in [-0.15, -0.1) is 0 Å². The maximum atomic E-state index is 12.0. The third-order valence-corrected chi connectivity index (χ3v) is 4.94. The molecule has 7 heteroatoms. The predicted molar refractivity (Wildman–Crippen MR) is 69.9 cm³/mol. The van der Waals surface area contributed by atoms with Crippen LogP contribution >= 0.6 is 11.6 Å². The fraction of sp³-hybridized carbons (Fsp3) is 0.545. The standard InChI is InChI=1S/C11H16ClN3O2S/c1-15-8-13-11(10(15)12)18(16,17)14-7-9-5-3-2-4-6-9/h2-3,8-9,14H,4-7H2,1H3. The molecular formula is C11H16ClN3O2S. The van der Waals surface area contributed by atoms with E-state index in [0.717, 1.165) is 19.3 Å². The highest BCUT2D eigenvalue weighted by Crippen LogP contribution is 2.20. The quantitative estimate of drug-likeness (QED) is 0.858. The maximum absolute atomic E-state index is 12.0. The van der Waals surface area contributed by atoms with Crippen LogP contribution in [0.5, 0.6) is 0 Å². The van der Waals surface area contributed by atoms with Crippen molar-refractivity contribution in [2.24, 2.45) is 13.0 Å². The third-order valence-electron chi connectivity index (χ3n) is 3.03. The molecular weight excluding hydrogens is 274 g/mol. The fourth-order valence-corrected chi connectivity index (χ4v) is 3.45. The molecule has 0 saturated heterocycles. The molecule has 0 saturated carbocycles. The highest BCUT2D eigenvalue weighted by atomic mass is 35.5. The van der Waals surface area contributed by atoms with Gasteiger partial charge in [0.05, 0.1) is 6.33 Å². The summed E-state index contributed by atoms with van der Waals surface area (Å²) < 4.78 is 28.1. The largest absolute Gasteiger partial charge is 0.324 e. The number of halogens is 1. The zero-order chi connectivity index (χ0) is 13.2. The van der Waals surface area contributed by atoms with Gasteiger partial charge in [0.25, 0.3) is 10.0 Å². The van der Waals surface area contributed by atoms with Gasteiger partial charge < -0.3 is 4.57 Å². The Morgan fingerprint density at radius 1 is 1.56 bits per heavy atom. The van der Waals surface area contributed by atoms with Crippen molar-refractivity contribution >= 4 is 21.6 Å². The second-order valence-corrected chi connectivity index (χ2v) is 6.49. The number of allylic oxidation sites excluding steroid dienone is 2. The second kappa shape index (κ2) is 5.42. The van der Waals surface area contributed by atoms with E-state index in [1.54, 1.807) is 7.05 Å². The van der Waals surface area contributed by atoms with Crippen LogP contribution in [-0.2, 0) is 17.1 Å². The van der Waals surface area contributed by atoms with Crippen LogP contribution in [0.3, 0.4) is 0 Å². The Bertz CT molecular complexity index is 551. The van der Waals surface area contributed by atoms with Gasteiger partial charge in [0.15, 0.2) is 0 Å². The van der Waals surface area contributed by atoms with E-state index in [2.05, 4.69) is 21.9 Å². The van der Waals surface area contributed by atoms with Gasteiger partial charge in [-0.2, -0.15) is 0 Å². The molecule has 0 amide bonds. The van der Waals surface area contributed by atoms with Crippen LogP contribution in [0.2, 0.25) is 5.15 Å². The molecule has 18 heavy (non-hydrogen) atoms. The van der Waals surface area contributed by atoms with Crippen LogP contribution in [0.1, 0.15) is 19.3 Å². The summed E-state index contributed by atoms with van der Waals surface area (Å²) in [5, 5.41) is 0.0315. The van der Waals surface area contributed by atoms with Crippen molar-refractivity contribution in [3.05, 3.63) is 23.6 Å². The number of sulfonamides is 1. The summed E-state index contributed by atoms with van der Waals surface area (Å²) in [5.74, 6) is 0.354. The average Bonchev–Trinajstić information content (AvgIpc) is 2.70. The first-order valence-electron chi connectivity index (χ1n) is 5.82. The van der Waals surface area contributed by atoms with Crippen molar-refractivity contribution in [1.29, 1.82) is 0 Å². The normalized spacial score (nSPS) is 20.2. The summed E-state index contributed by atoms with van der Waals surface area (Å²) in [4.78, 5) is 3.82. The van der Waals surface area contributed by atoms with Gasteiger partial charge >= 0.3 is 0 Å². The summed E-state index contributed by atoms with van der Waals surface area (Å²) in [6, 6.07) is 0. The molecule has 1 aliphatic carbocycles. The first kappa shape index (κ1) is 13.6. The lowest BCUT2D eigenvalue weighted by Gasteiger charge is -2.17. The molecule has 1 N–H and O–H groups in total. The SMILES string of the molecule is Cn1cnc(S(=O)(=O)NCC2CC=CCC2)c1Cl. The van der Waals surface area contributed by atoms with Crippen LogP contribution in [0, 0.1) is 5.92 Å². The minimum absolute atomic E-state index is 0.0991. The molecule has 1 heterocycles.